The summed E-state index contributed by atoms with van der Waals surface area (Å²) in [6.07, 6.45) is 4.99. The minimum absolute atomic E-state index is 0.0162. The Kier molecular flexibility index (Phi) is 3.32. The van der Waals surface area contributed by atoms with Gasteiger partial charge in [-0.3, -0.25) is 9.59 Å². The van der Waals surface area contributed by atoms with Gasteiger partial charge in [-0.05, 0) is 43.0 Å². The van der Waals surface area contributed by atoms with E-state index in [0.717, 1.165) is 42.7 Å². The van der Waals surface area contributed by atoms with Crippen LogP contribution in [0.25, 0.3) is 0 Å². The Morgan fingerprint density at radius 1 is 1.35 bits per heavy atom. The molecule has 1 saturated heterocycles. The molecule has 23 heavy (non-hydrogen) atoms. The molecule has 2 aliphatic heterocycles. The van der Waals surface area contributed by atoms with E-state index in [9.17, 15) is 9.59 Å². The molecular weight excluding hydrogens is 292 g/mol. The third-order valence-electron chi connectivity index (χ3n) is 5.71. The van der Waals surface area contributed by atoms with Gasteiger partial charge in [0, 0.05) is 24.7 Å². The zero-order chi connectivity index (χ0) is 16.0. The van der Waals surface area contributed by atoms with Gasteiger partial charge >= 0.3 is 0 Å². The number of nitrogens with zero attached hydrogens (tertiary/aromatic N) is 1. The van der Waals surface area contributed by atoms with Crippen LogP contribution in [0.3, 0.4) is 0 Å². The average Bonchev–Trinajstić information content (AvgIpc) is 3.29. The Morgan fingerprint density at radius 3 is 2.87 bits per heavy atom. The second kappa shape index (κ2) is 5.25. The van der Waals surface area contributed by atoms with Crippen LogP contribution in [0.1, 0.15) is 37.7 Å². The fraction of sp³-hybridized carbons (Fsp3) is 0.556. The van der Waals surface area contributed by atoms with Crippen molar-refractivity contribution >= 4 is 17.5 Å². The maximum absolute atomic E-state index is 12.7. The van der Waals surface area contributed by atoms with E-state index in [0.29, 0.717) is 19.5 Å². The lowest BCUT2D eigenvalue weighted by Gasteiger charge is -2.24. The number of fused-ring (bicyclic) bond motifs is 2. The molecule has 2 heterocycles. The van der Waals surface area contributed by atoms with Gasteiger partial charge in [0.15, 0.2) is 0 Å². The Labute approximate surface area is 136 Å². The standard InChI is InChI=1S/C18H22N2O3/c1-23-13-6-7-15-14(10-13)18(17(22)19-15)8-9-20(11-18)16(21)12-4-2-3-5-12/h6-7,10,12H,2-5,8-9,11H2,1H3,(H,19,22)/t18-/m1/s1. The first kappa shape index (κ1) is 14.5. The molecule has 0 unspecified atom stereocenters. The molecule has 1 N–H and O–H groups in total. The number of benzene rings is 1. The van der Waals surface area contributed by atoms with E-state index in [1.807, 2.05) is 23.1 Å². The fourth-order valence-corrected chi connectivity index (χ4v) is 4.35. The van der Waals surface area contributed by atoms with E-state index < -0.39 is 5.41 Å². The minimum atomic E-state index is -0.599. The molecule has 1 saturated carbocycles. The largest absolute Gasteiger partial charge is 0.497 e. The lowest BCUT2D eigenvalue weighted by atomic mass is 9.81. The molecule has 3 aliphatic rings. The van der Waals surface area contributed by atoms with Gasteiger partial charge in [0.1, 0.15) is 5.75 Å². The van der Waals surface area contributed by atoms with Crippen LogP contribution in [0.15, 0.2) is 18.2 Å². The Morgan fingerprint density at radius 2 is 2.13 bits per heavy atom. The number of rotatable bonds is 2. The lowest BCUT2D eigenvalue weighted by molar-refractivity contribution is -0.134. The quantitative estimate of drug-likeness (QED) is 0.911. The van der Waals surface area contributed by atoms with Crippen molar-refractivity contribution in [3.63, 3.8) is 0 Å². The Hall–Kier alpha value is -2.04. The summed E-state index contributed by atoms with van der Waals surface area (Å²) >= 11 is 0. The number of hydrogen-bond donors (Lipinski definition) is 1. The average molecular weight is 314 g/mol. The van der Waals surface area contributed by atoms with Crippen LogP contribution < -0.4 is 10.1 Å². The molecule has 2 fully saturated rings. The van der Waals surface area contributed by atoms with Gasteiger partial charge in [-0.25, -0.2) is 0 Å². The number of carbonyl (C=O) groups is 2. The molecule has 122 valence electrons. The topological polar surface area (TPSA) is 58.6 Å². The number of ether oxygens (including phenoxy) is 1. The van der Waals surface area contributed by atoms with E-state index in [-0.39, 0.29) is 17.7 Å². The monoisotopic (exact) mass is 314 g/mol. The van der Waals surface area contributed by atoms with Crippen LogP contribution >= 0.6 is 0 Å². The number of carbonyl (C=O) groups excluding carboxylic acids is 2. The second-order valence-corrected chi connectivity index (χ2v) is 6.94. The zero-order valence-electron chi connectivity index (χ0n) is 13.4. The van der Waals surface area contributed by atoms with Crippen LogP contribution in [-0.2, 0) is 15.0 Å². The SMILES string of the molecule is COc1ccc2c(c1)[C@]1(CCN(C(=O)C3CCCC3)C1)C(=O)N2. The van der Waals surface area contributed by atoms with Crippen LogP contribution in [0.5, 0.6) is 5.75 Å². The highest BCUT2D eigenvalue weighted by Crippen LogP contribution is 2.46. The van der Waals surface area contributed by atoms with Gasteiger partial charge < -0.3 is 15.0 Å². The van der Waals surface area contributed by atoms with E-state index >= 15 is 0 Å². The van der Waals surface area contributed by atoms with Gasteiger partial charge in [-0.2, -0.15) is 0 Å². The van der Waals surface area contributed by atoms with E-state index in [1.165, 1.54) is 0 Å². The summed E-state index contributed by atoms with van der Waals surface area (Å²) < 4.78 is 5.31. The van der Waals surface area contributed by atoms with Crippen LogP contribution in [0.4, 0.5) is 5.69 Å². The predicted molar refractivity (Wildman–Crippen MR) is 86.5 cm³/mol. The van der Waals surface area contributed by atoms with Crippen molar-refractivity contribution in [1.29, 1.82) is 0 Å². The third kappa shape index (κ3) is 2.13. The summed E-state index contributed by atoms with van der Waals surface area (Å²) in [4.78, 5) is 27.3. The summed E-state index contributed by atoms with van der Waals surface area (Å²) in [6, 6.07) is 5.69. The second-order valence-electron chi connectivity index (χ2n) is 6.94. The summed E-state index contributed by atoms with van der Waals surface area (Å²) in [5, 5.41) is 2.98. The van der Waals surface area contributed by atoms with Crippen molar-refractivity contribution in [2.75, 3.05) is 25.5 Å². The van der Waals surface area contributed by atoms with Crippen molar-refractivity contribution in [1.82, 2.24) is 4.90 Å². The number of methoxy groups -OCH3 is 1. The fourth-order valence-electron chi connectivity index (χ4n) is 4.35. The normalized spacial score (nSPS) is 26.7. The van der Waals surface area contributed by atoms with Gasteiger partial charge in [-0.1, -0.05) is 12.8 Å². The molecule has 0 bridgehead atoms. The maximum Gasteiger partial charge on any atom is 0.237 e. The zero-order valence-corrected chi connectivity index (χ0v) is 13.4. The summed E-state index contributed by atoms with van der Waals surface area (Å²) in [7, 11) is 1.63. The Bertz CT molecular complexity index is 666. The van der Waals surface area contributed by atoms with Crippen molar-refractivity contribution in [2.45, 2.75) is 37.5 Å². The molecule has 2 amide bonds. The molecule has 1 aromatic rings. The van der Waals surface area contributed by atoms with E-state index in [2.05, 4.69) is 5.32 Å². The van der Waals surface area contributed by atoms with E-state index in [4.69, 9.17) is 4.74 Å². The number of likely N-dealkylation sites (tertiary alicyclic amines) is 1. The van der Waals surface area contributed by atoms with Gasteiger partial charge in [0.05, 0.1) is 12.5 Å². The van der Waals surface area contributed by atoms with Crippen LogP contribution in [0.2, 0.25) is 0 Å². The first-order valence-corrected chi connectivity index (χ1v) is 8.43. The van der Waals surface area contributed by atoms with Gasteiger partial charge in [0.25, 0.3) is 0 Å². The molecule has 5 nitrogen and oxygen atoms in total. The number of anilines is 1. The highest BCUT2D eigenvalue weighted by molar-refractivity contribution is 6.07. The molecule has 0 radical (unpaired) electrons. The summed E-state index contributed by atoms with van der Waals surface area (Å²) in [5.41, 5.74) is 1.23. The molecule has 1 aromatic carbocycles. The van der Waals surface area contributed by atoms with Crippen molar-refractivity contribution in [3.05, 3.63) is 23.8 Å². The number of hydrogen-bond acceptors (Lipinski definition) is 3. The molecule has 0 aromatic heterocycles. The molecular formula is C18H22N2O3. The van der Waals surface area contributed by atoms with Crippen molar-refractivity contribution in [3.8, 4) is 5.75 Å². The highest BCUT2D eigenvalue weighted by Gasteiger charge is 2.52. The van der Waals surface area contributed by atoms with Crippen LogP contribution in [0, 0.1) is 5.92 Å². The van der Waals surface area contributed by atoms with Crippen molar-refractivity contribution in [2.24, 2.45) is 5.92 Å². The summed E-state index contributed by atoms with van der Waals surface area (Å²) in [5.74, 6) is 1.17. The molecule has 1 aliphatic carbocycles. The minimum Gasteiger partial charge on any atom is -0.497 e. The number of amides is 2. The lowest BCUT2D eigenvalue weighted by Crippen LogP contribution is -2.40. The molecule has 1 spiro atoms. The maximum atomic E-state index is 12.7. The van der Waals surface area contributed by atoms with E-state index in [1.54, 1.807) is 7.11 Å². The molecule has 1 atom stereocenters. The van der Waals surface area contributed by atoms with Gasteiger partial charge in [0.2, 0.25) is 11.8 Å². The first-order valence-electron chi connectivity index (χ1n) is 8.43. The van der Waals surface area contributed by atoms with Crippen molar-refractivity contribution < 1.29 is 14.3 Å². The first-order chi connectivity index (χ1) is 11.1. The molecule has 5 heteroatoms. The Balaban J connectivity index is 1.62. The highest BCUT2D eigenvalue weighted by atomic mass is 16.5. The summed E-state index contributed by atoms with van der Waals surface area (Å²) in [6.45, 7) is 1.16. The van der Waals surface area contributed by atoms with Gasteiger partial charge in [-0.15, -0.1) is 0 Å². The smallest absolute Gasteiger partial charge is 0.237 e. The third-order valence-corrected chi connectivity index (χ3v) is 5.71. The van der Waals surface area contributed by atoms with Crippen LogP contribution in [-0.4, -0.2) is 36.9 Å². The predicted octanol–water partition coefficient (Wildman–Crippen LogP) is 2.31. The number of nitrogens with one attached hydrogen (secondary N) is 1. The molecule has 4 rings (SSSR count).